The second-order valence-electron chi connectivity index (χ2n) is 4.35. The molecule has 1 saturated carbocycles. The van der Waals surface area contributed by atoms with Crippen molar-refractivity contribution in [3.8, 4) is 11.5 Å². The van der Waals surface area contributed by atoms with Crippen molar-refractivity contribution in [1.82, 2.24) is 0 Å². The maximum atomic E-state index is 9.78. The number of hydrogen-bond acceptors (Lipinski definition) is 3. The van der Waals surface area contributed by atoms with E-state index in [1.165, 1.54) is 0 Å². The number of ether oxygens (including phenoxy) is 1. The molecule has 2 N–H and O–H groups in total. The van der Waals surface area contributed by atoms with Crippen LogP contribution in [-0.2, 0) is 6.42 Å². The highest BCUT2D eigenvalue weighted by Gasteiger charge is 2.40. The fraction of sp³-hybridized carbons (Fsp3) is 0.500. The van der Waals surface area contributed by atoms with Crippen molar-refractivity contribution < 1.29 is 14.9 Å². The van der Waals surface area contributed by atoms with Crippen LogP contribution in [-0.4, -0.2) is 22.9 Å². The van der Waals surface area contributed by atoms with Crippen molar-refractivity contribution in [1.29, 1.82) is 0 Å². The van der Waals surface area contributed by atoms with Crippen LogP contribution in [0.3, 0.4) is 0 Å². The van der Waals surface area contributed by atoms with E-state index in [0.29, 0.717) is 12.2 Å². The van der Waals surface area contributed by atoms with Crippen molar-refractivity contribution in [3.05, 3.63) is 23.3 Å². The van der Waals surface area contributed by atoms with Gasteiger partial charge in [0.1, 0.15) is 11.5 Å². The van der Waals surface area contributed by atoms with Gasteiger partial charge in [0.2, 0.25) is 0 Å². The molecule has 1 aromatic rings. The maximum absolute atomic E-state index is 9.78. The summed E-state index contributed by atoms with van der Waals surface area (Å²) in [5.74, 6) is 0.886. The van der Waals surface area contributed by atoms with Crippen LogP contribution in [0.2, 0.25) is 0 Å². The number of phenols is 1. The largest absolute Gasteiger partial charge is 0.508 e. The third-order valence-electron chi connectivity index (χ3n) is 2.94. The van der Waals surface area contributed by atoms with Gasteiger partial charge < -0.3 is 14.9 Å². The lowest BCUT2D eigenvalue weighted by atomic mass is 10.0. The Hall–Kier alpha value is -1.22. The molecule has 0 atom stereocenters. The SMILES string of the molecule is COc1cc(O)c(CC2(O)CC2)cc1C. The summed E-state index contributed by atoms with van der Waals surface area (Å²) < 4.78 is 5.10. The van der Waals surface area contributed by atoms with Gasteiger partial charge in [-0.25, -0.2) is 0 Å². The van der Waals surface area contributed by atoms with Crippen LogP contribution in [0.25, 0.3) is 0 Å². The van der Waals surface area contributed by atoms with Crippen molar-refractivity contribution in [2.24, 2.45) is 0 Å². The van der Waals surface area contributed by atoms with E-state index in [0.717, 1.165) is 24.0 Å². The van der Waals surface area contributed by atoms with Crippen molar-refractivity contribution in [2.45, 2.75) is 31.8 Å². The topological polar surface area (TPSA) is 49.7 Å². The molecule has 0 aromatic heterocycles. The van der Waals surface area contributed by atoms with E-state index in [1.807, 2.05) is 13.0 Å². The maximum Gasteiger partial charge on any atom is 0.125 e. The molecule has 1 aromatic carbocycles. The molecule has 0 amide bonds. The number of aryl methyl sites for hydroxylation is 1. The molecule has 0 aliphatic heterocycles. The molecule has 0 unspecified atom stereocenters. The number of aliphatic hydroxyl groups is 1. The second-order valence-corrected chi connectivity index (χ2v) is 4.35. The molecule has 2 rings (SSSR count). The molecule has 3 nitrogen and oxygen atoms in total. The molecular formula is C12H16O3. The minimum absolute atomic E-state index is 0.206. The Bertz CT molecular complexity index is 381. The lowest BCUT2D eigenvalue weighted by Gasteiger charge is -2.12. The van der Waals surface area contributed by atoms with Gasteiger partial charge in [0, 0.05) is 12.5 Å². The molecule has 0 heterocycles. The molecule has 0 spiro atoms. The van der Waals surface area contributed by atoms with E-state index in [2.05, 4.69) is 0 Å². The van der Waals surface area contributed by atoms with Crippen LogP contribution in [0.4, 0.5) is 0 Å². The van der Waals surface area contributed by atoms with Gasteiger partial charge in [0.05, 0.1) is 12.7 Å². The second kappa shape index (κ2) is 3.42. The lowest BCUT2D eigenvalue weighted by Crippen LogP contribution is -2.11. The zero-order valence-electron chi connectivity index (χ0n) is 9.08. The van der Waals surface area contributed by atoms with Crippen LogP contribution in [0.15, 0.2) is 12.1 Å². The molecule has 1 fully saturated rings. The average Bonchev–Trinajstić information content (AvgIpc) is 2.89. The fourth-order valence-electron chi connectivity index (χ4n) is 1.77. The third kappa shape index (κ3) is 2.07. The van der Waals surface area contributed by atoms with Gasteiger partial charge >= 0.3 is 0 Å². The Morgan fingerprint density at radius 1 is 1.40 bits per heavy atom. The summed E-state index contributed by atoms with van der Waals surface area (Å²) in [7, 11) is 1.58. The molecular weight excluding hydrogens is 192 g/mol. The monoisotopic (exact) mass is 208 g/mol. The predicted octanol–water partition coefficient (Wildman–Crippen LogP) is 1.78. The summed E-state index contributed by atoms with van der Waals surface area (Å²) in [4.78, 5) is 0. The summed E-state index contributed by atoms with van der Waals surface area (Å²) in [5.41, 5.74) is 1.21. The van der Waals surface area contributed by atoms with Crippen LogP contribution >= 0.6 is 0 Å². The number of benzene rings is 1. The smallest absolute Gasteiger partial charge is 0.125 e. The number of phenolic OH excluding ortho intramolecular Hbond substituents is 1. The Balaban J connectivity index is 2.28. The van der Waals surface area contributed by atoms with E-state index >= 15 is 0 Å². The van der Waals surface area contributed by atoms with Gasteiger partial charge in [-0.05, 0) is 37.0 Å². The minimum Gasteiger partial charge on any atom is -0.508 e. The summed E-state index contributed by atoms with van der Waals surface area (Å²) in [5, 5.41) is 19.5. The van der Waals surface area contributed by atoms with Gasteiger partial charge in [-0.2, -0.15) is 0 Å². The van der Waals surface area contributed by atoms with Crippen molar-refractivity contribution in [2.75, 3.05) is 7.11 Å². The van der Waals surface area contributed by atoms with E-state index in [-0.39, 0.29) is 5.75 Å². The minimum atomic E-state index is -0.571. The highest BCUT2D eigenvalue weighted by Crippen LogP contribution is 2.41. The zero-order chi connectivity index (χ0) is 11.1. The third-order valence-corrected chi connectivity index (χ3v) is 2.94. The summed E-state index contributed by atoms with van der Waals surface area (Å²) >= 11 is 0. The summed E-state index contributed by atoms with van der Waals surface area (Å²) in [6.07, 6.45) is 2.19. The molecule has 15 heavy (non-hydrogen) atoms. The predicted molar refractivity (Wildman–Crippen MR) is 57.3 cm³/mol. The first-order valence-corrected chi connectivity index (χ1v) is 5.13. The standard InChI is InChI=1S/C12H16O3/c1-8-5-9(7-12(14)3-4-12)10(13)6-11(8)15-2/h5-6,13-14H,3-4,7H2,1-2H3. The van der Waals surface area contributed by atoms with Crippen molar-refractivity contribution >= 4 is 0 Å². The van der Waals surface area contributed by atoms with Gasteiger partial charge in [0.25, 0.3) is 0 Å². The van der Waals surface area contributed by atoms with Crippen LogP contribution in [0.5, 0.6) is 11.5 Å². The molecule has 0 saturated heterocycles. The number of hydrogen-bond donors (Lipinski definition) is 2. The van der Waals surface area contributed by atoms with E-state index < -0.39 is 5.60 Å². The Morgan fingerprint density at radius 2 is 2.07 bits per heavy atom. The number of methoxy groups -OCH3 is 1. The zero-order valence-corrected chi connectivity index (χ0v) is 9.08. The van der Waals surface area contributed by atoms with E-state index in [1.54, 1.807) is 13.2 Å². The first-order valence-electron chi connectivity index (χ1n) is 5.13. The Labute approximate surface area is 89.3 Å². The molecule has 0 bridgehead atoms. The Kier molecular flexibility index (Phi) is 2.35. The van der Waals surface area contributed by atoms with Gasteiger partial charge in [-0.3, -0.25) is 0 Å². The number of rotatable bonds is 3. The quantitative estimate of drug-likeness (QED) is 0.796. The first-order chi connectivity index (χ1) is 7.04. The van der Waals surface area contributed by atoms with Crippen LogP contribution in [0.1, 0.15) is 24.0 Å². The first kappa shape index (κ1) is 10.3. The summed E-state index contributed by atoms with van der Waals surface area (Å²) in [6.45, 7) is 1.93. The van der Waals surface area contributed by atoms with E-state index in [4.69, 9.17) is 4.74 Å². The lowest BCUT2D eigenvalue weighted by molar-refractivity contribution is 0.150. The van der Waals surface area contributed by atoms with Crippen LogP contribution < -0.4 is 4.74 Å². The molecule has 3 heteroatoms. The van der Waals surface area contributed by atoms with Gasteiger partial charge in [0.15, 0.2) is 0 Å². The van der Waals surface area contributed by atoms with Gasteiger partial charge in [-0.15, -0.1) is 0 Å². The van der Waals surface area contributed by atoms with Crippen LogP contribution in [0, 0.1) is 6.92 Å². The highest BCUT2D eigenvalue weighted by molar-refractivity contribution is 5.46. The van der Waals surface area contributed by atoms with E-state index in [9.17, 15) is 10.2 Å². The van der Waals surface area contributed by atoms with Gasteiger partial charge in [-0.1, -0.05) is 0 Å². The highest BCUT2D eigenvalue weighted by atomic mass is 16.5. The normalized spacial score (nSPS) is 17.5. The summed E-state index contributed by atoms with van der Waals surface area (Å²) in [6, 6.07) is 3.49. The molecule has 0 radical (unpaired) electrons. The fourth-order valence-corrected chi connectivity index (χ4v) is 1.77. The number of aromatic hydroxyl groups is 1. The Morgan fingerprint density at radius 3 is 2.60 bits per heavy atom. The van der Waals surface area contributed by atoms with Crippen molar-refractivity contribution in [3.63, 3.8) is 0 Å². The molecule has 1 aliphatic carbocycles. The molecule has 82 valence electrons. The average molecular weight is 208 g/mol. The molecule has 1 aliphatic rings.